The minimum absolute atomic E-state index is 0.282. The van der Waals surface area contributed by atoms with Crippen LogP contribution in [0.1, 0.15) is 20.1 Å². The number of carboxylic acids is 1. The van der Waals surface area contributed by atoms with Crippen LogP contribution < -0.4 is 0 Å². The average molecular weight is 185 g/mol. The van der Waals surface area contributed by atoms with Gasteiger partial charge in [-0.1, -0.05) is 5.16 Å². The molecule has 5 heteroatoms. The summed E-state index contributed by atoms with van der Waals surface area (Å²) in [4.78, 5) is 11.5. The normalized spacial score (nSPS) is 10.8. The highest BCUT2D eigenvalue weighted by atomic mass is 32.1. The Morgan fingerprint density at radius 1 is 1.75 bits per heavy atom. The van der Waals surface area contributed by atoms with Crippen LogP contribution in [0.5, 0.6) is 0 Å². The maximum atomic E-state index is 10.5. The number of rotatable bonds is 2. The summed E-state index contributed by atoms with van der Waals surface area (Å²) in [6, 6.07) is 1.66. The van der Waals surface area contributed by atoms with Gasteiger partial charge in [-0.3, -0.25) is 0 Å². The lowest BCUT2D eigenvalue weighted by atomic mass is 10.3. The molecule has 1 aromatic heterocycles. The van der Waals surface area contributed by atoms with E-state index < -0.39 is 5.97 Å². The molecule has 0 aliphatic rings. The maximum absolute atomic E-state index is 10.5. The highest BCUT2D eigenvalue weighted by Crippen LogP contribution is 2.20. The first-order chi connectivity index (χ1) is 5.65. The number of aromatic carboxylic acids is 1. The molecule has 0 radical (unpaired) electrons. The van der Waals surface area contributed by atoms with E-state index in [0.29, 0.717) is 10.4 Å². The number of oxime groups is 1. The van der Waals surface area contributed by atoms with Gasteiger partial charge in [0, 0.05) is 4.88 Å². The second-order valence-electron chi connectivity index (χ2n) is 2.21. The van der Waals surface area contributed by atoms with Crippen molar-refractivity contribution in [3.63, 3.8) is 0 Å². The number of carboxylic acid groups (broad SMARTS) is 1. The van der Waals surface area contributed by atoms with E-state index in [1.165, 1.54) is 6.21 Å². The molecule has 0 spiro atoms. The Morgan fingerprint density at radius 2 is 2.42 bits per heavy atom. The minimum atomic E-state index is -0.949. The molecule has 0 aromatic carbocycles. The summed E-state index contributed by atoms with van der Waals surface area (Å²) in [5.41, 5.74) is 0.683. The number of hydrogen-bond donors (Lipinski definition) is 2. The zero-order valence-corrected chi connectivity index (χ0v) is 7.13. The summed E-state index contributed by atoms with van der Waals surface area (Å²) in [6.07, 6.45) is 1.21. The quantitative estimate of drug-likeness (QED) is 0.417. The van der Waals surface area contributed by atoms with E-state index in [4.69, 9.17) is 10.3 Å². The van der Waals surface area contributed by atoms with E-state index in [-0.39, 0.29) is 4.88 Å². The zero-order valence-electron chi connectivity index (χ0n) is 6.31. The van der Waals surface area contributed by atoms with Crippen molar-refractivity contribution in [3.05, 3.63) is 21.4 Å². The van der Waals surface area contributed by atoms with E-state index in [2.05, 4.69) is 5.16 Å². The second kappa shape index (κ2) is 3.36. The van der Waals surface area contributed by atoms with Gasteiger partial charge >= 0.3 is 5.97 Å². The van der Waals surface area contributed by atoms with Gasteiger partial charge in [0.15, 0.2) is 0 Å². The summed E-state index contributed by atoms with van der Waals surface area (Å²) in [6.45, 7) is 1.70. The fourth-order valence-electron chi connectivity index (χ4n) is 0.840. The first-order valence-electron chi connectivity index (χ1n) is 3.16. The number of aryl methyl sites for hydroxylation is 1. The van der Waals surface area contributed by atoms with Gasteiger partial charge in [-0.25, -0.2) is 4.79 Å². The molecule has 1 heterocycles. The fraction of sp³-hybridized carbons (Fsp3) is 0.143. The van der Waals surface area contributed by atoms with Gasteiger partial charge < -0.3 is 10.3 Å². The van der Waals surface area contributed by atoms with Gasteiger partial charge in [-0.15, -0.1) is 11.3 Å². The number of thiophene rings is 1. The second-order valence-corrected chi connectivity index (χ2v) is 3.29. The Balaban J connectivity index is 3.08. The van der Waals surface area contributed by atoms with E-state index >= 15 is 0 Å². The van der Waals surface area contributed by atoms with Crippen LogP contribution >= 0.6 is 11.3 Å². The van der Waals surface area contributed by atoms with Gasteiger partial charge in [-0.05, 0) is 18.6 Å². The van der Waals surface area contributed by atoms with Crippen molar-refractivity contribution in [1.82, 2.24) is 0 Å². The lowest BCUT2D eigenvalue weighted by Crippen LogP contribution is -1.93. The zero-order chi connectivity index (χ0) is 9.14. The van der Waals surface area contributed by atoms with Crippen LogP contribution in [0.2, 0.25) is 0 Å². The summed E-state index contributed by atoms with van der Waals surface area (Å²) < 4.78 is 0. The molecular weight excluding hydrogens is 178 g/mol. The summed E-state index contributed by atoms with van der Waals surface area (Å²) in [5.74, 6) is -0.949. The Morgan fingerprint density at radius 3 is 2.83 bits per heavy atom. The Labute approximate surface area is 72.8 Å². The van der Waals surface area contributed by atoms with Crippen LogP contribution in [-0.4, -0.2) is 22.5 Å². The van der Waals surface area contributed by atoms with Crippen molar-refractivity contribution < 1.29 is 15.1 Å². The van der Waals surface area contributed by atoms with Crippen LogP contribution in [0.3, 0.4) is 0 Å². The minimum Gasteiger partial charge on any atom is -0.477 e. The molecule has 4 nitrogen and oxygen atoms in total. The van der Waals surface area contributed by atoms with Gasteiger partial charge in [-0.2, -0.15) is 0 Å². The van der Waals surface area contributed by atoms with Crippen LogP contribution in [-0.2, 0) is 0 Å². The lowest BCUT2D eigenvalue weighted by molar-refractivity contribution is 0.0701. The molecule has 0 saturated carbocycles. The molecule has 0 saturated heterocycles. The predicted octanol–water partition coefficient (Wildman–Crippen LogP) is 1.56. The fourth-order valence-corrected chi connectivity index (χ4v) is 1.72. The van der Waals surface area contributed by atoms with Crippen molar-refractivity contribution in [2.45, 2.75) is 6.92 Å². The molecule has 1 rings (SSSR count). The molecule has 0 amide bonds. The van der Waals surface area contributed by atoms with Crippen LogP contribution in [0.4, 0.5) is 0 Å². The van der Waals surface area contributed by atoms with E-state index in [1.54, 1.807) is 13.0 Å². The van der Waals surface area contributed by atoms with Crippen molar-refractivity contribution in [2.75, 3.05) is 0 Å². The topological polar surface area (TPSA) is 69.9 Å². The third kappa shape index (κ3) is 1.62. The third-order valence-corrected chi connectivity index (χ3v) is 2.48. The van der Waals surface area contributed by atoms with Gasteiger partial charge in [0.1, 0.15) is 4.88 Å². The van der Waals surface area contributed by atoms with Crippen LogP contribution in [0, 0.1) is 6.92 Å². The monoisotopic (exact) mass is 185 g/mol. The predicted molar refractivity (Wildman–Crippen MR) is 45.4 cm³/mol. The van der Waals surface area contributed by atoms with Gasteiger partial charge in [0.05, 0.1) is 6.21 Å². The molecule has 0 fully saturated rings. The van der Waals surface area contributed by atoms with Crippen LogP contribution in [0.25, 0.3) is 0 Å². The third-order valence-electron chi connectivity index (χ3n) is 1.32. The lowest BCUT2D eigenvalue weighted by Gasteiger charge is -1.86. The molecule has 0 bridgehead atoms. The first kappa shape index (κ1) is 8.73. The van der Waals surface area contributed by atoms with Crippen LogP contribution in [0.15, 0.2) is 11.2 Å². The van der Waals surface area contributed by atoms with Gasteiger partial charge in [0.2, 0.25) is 0 Å². The summed E-state index contributed by atoms with van der Waals surface area (Å²) >= 11 is 1.08. The van der Waals surface area contributed by atoms with E-state index in [1.807, 2.05) is 0 Å². The van der Waals surface area contributed by atoms with Crippen molar-refractivity contribution >= 4 is 23.5 Å². The Kier molecular flexibility index (Phi) is 2.44. The van der Waals surface area contributed by atoms with E-state index in [9.17, 15) is 4.79 Å². The van der Waals surface area contributed by atoms with Crippen molar-refractivity contribution in [3.8, 4) is 0 Å². The smallest absolute Gasteiger partial charge is 0.346 e. The SMILES string of the molecule is Cc1cc(/C=N\O)sc1C(=O)O. The number of carbonyl (C=O) groups is 1. The summed E-state index contributed by atoms with van der Waals surface area (Å²) in [5, 5.41) is 19.6. The highest BCUT2D eigenvalue weighted by molar-refractivity contribution is 7.15. The number of nitrogens with zero attached hydrogens (tertiary/aromatic N) is 1. The van der Waals surface area contributed by atoms with Gasteiger partial charge in [0.25, 0.3) is 0 Å². The Hall–Kier alpha value is -1.36. The van der Waals surface area contributed by atoms with Crippen molar-refractivity contribution in [2.24, 2.45) is 5.16 Å². The van der Waals surface area contributed by atoms with Crippen molar-refractivity contribution in [1.29, 1.82) is 0 Å². The average Bonchev–Trinajstić information content (AvgIpc) is 2.32. The standard InChI is InChI=1S/C7H7NO3S/c1-4-2-5(3-8-11)12-6(4)7(9)10/h2-3,11H,1H3,(H,9,10)/b8-3-. The molecule has 12 heavy (non-hydrogen) atoms. The maximum Gasteiger partial charge on any atom is 0.346 e. The molecule has 1 aromatic rings. The first-order valence-corrected chi connectivity index (χ1v) is 3.98. The molecule has 0 atom stereocenters. The van der Waals surface area contributed by atoms with E-state index in [0.717, 1.165) is 11.3 Å². The highest BCUT2D eigenvalue weighted by Gasteiger charge is 2.10. The molecule has 64 valence electrons. The number of hydrogen-bond acceptors (Lipinski definition) is 4. The molecule has 0 aliphatic carbocycles. The molecule has 0 aliphatic heterocycles. The molecule has 2 N–H and O–H groups in total. The Bertz CT molecular complexity index is 329. The molecule has 0 unspecified atom stereocenters. The summed E-state index contributed by atoms with van der Waals surface area (Å²) in [7, 11) is 0. The molecular formula is C7H7NO3S. The largest absolute Gasteiger partial charge is 0.477 e.